The standard InChI is InChI=1S/C12H20N4O4S/c1-3-5-15(6-4-2)12-10(13)7-9(21(14,19)20)8-11(12)16(17)18/h7-8H,3-6,13H2,1-2H3,(H2,14,19,20). The molecule has 0 amide bonds. The van der Waals surface area contributed by atoms with Crippen LogP contribution in [0.5, 0.6) is 0 Å². The molecule has 0 aliphatic rings. The Morgan fingerprint density at radius 2 is 1.76 bits per heavy atom. The number of nitro benzene ring substituents is 1. The third-order valence-electron chi connectivity index (χ3n) is 2.92. The lowest BCUT2D eigenvalue weighted by molar-refractivity contribution is -0.384. The van der Waals surface area contributed by atoms with Crippen molar-refractivity contribution in [1.82, 2.24) is 0 Å². The van der Waals surface area contributed by atoms with Crippen molar-refractivity contribution >= 4 is 27.1 Å². The lowest BCUT2D eigenvalue weighted by Gasteiger charge is -2.25. The molecular weight excluding hydrogens is 296 g/mol. The first-order valence-electron chi connectivity index (χ1n) is 6.58. The summed E-state index contributed by atoms with van der Waals surface area (Å²) in [6.45, 7) is 5.08. The van der Waals surface area contributed by atoms with E-state index in [0.717, 1.165) is 25.0 Å². The maximum Gasteiger partial charge on any atom is 0.296 e. The summed E-state index contributed by atoms with van der Waals surface area (Å²) in [5.41, 5.74) is 5.79. The van der Waals surface area contributed by atoms with E-state index < -0.39 is 14.9 Å². The van der Waals surface area contributed by atoms with E-state index in [1.54, 1.807) is 4.90 Å². The minimum atomic E-state index is -4.05. The lowest BCUT2D eigenvalue weighted by atomic mass is 10.2. The number of hydrogen-bond acceptors (Lipinski definition) is 6. The van der Waals surface area contributed by atoms with Gasteiger partial charge in [-0.3, -0.25) is 10.1 Å². The first-order valence-corrected chi connectivity index (χ1v) is 8.12. The predicted molar refractivity (Wildman–Crippen MR) is 81.7 cm³/mol. The highest BCUT2D eigenvalue weighted by Gasteiger charge is 2.25. The molecule has 1 aromatic carbocycles. The maximum atomic E-state index is 11.4. The number of sulfonamides is 1. The Kier molecular flexibility index (Phi) is 5.50. The summed E-state index contributed by atoms with van der Waals surface area (Å²) in [4.78, 5) is 12.0. The zero-order valence-electron chi connectivity index (χ0n) is 12.1. The molecule has 4 N–H and O–H groups in total. The average molecular weight is 316 g/mol. The molecule has 0 spiro atoms. The van der Waals surface area contributed by atoms with Crippen molar-refractivity contribution in [1.29, 1.82) is 0 Å². The van der Waals surface area contributed by atoms with Crippen LogP contribution in [0.25, 0.3) is 0 Å². The van der Waals surface area contributed by atoms with Crippen molar-refractivity contribution in [3.63, 3.8) is 0 Å². The van der Waals surface area contributed by atoms with E-state index in [2.05, 4.69) is 0 Å². The zero-order valence-corrected chi connectivity index (χ0v) is 12.9. The Morgan fingerprint density at radius 1 is 1.24 bits per heavy atom. The van der Waals surface area contributed by atoms with Gasteiger partial charge in [-0.05, 0) is 18.9 Å². The van der Waals surface area contributed by atoms with E-state index in [9.17, 15) is 18.5 Å². The predicted octanol–water partition coefficient (Wildman–Crippen LogP) is 1.45. The van der Waals surface area contributed by atoms with Crippen LogP contribution in [0.15, 0.2) is 17.0 Å². The van der Waals surface area contributed by atoms with Crippen LogP contribution in [0, 0.1) is 10.1 Å². The van der Waals surface area contributed by atoms with Crippen molar-refractivity contribution in [3.05, 3.63) is 22.2 Å². The number of rotatable bonds is 7. The second-order valence-corrected chi connectivity index (χ2v) is 6.23. The molecule has 0 unspecified atom stereocenters. The highest BCUT2D eigenvalue weighted by atomic mass is 32.2. The third kappa shape index (κ3) is 4.05. The smallest absolute Gasteiger partial charge is 0.296 e. The van der Waals surface area contributed by atoms with Gasteiger partial charge in [0, 0.05) is 19.2 Å². The number of anilines is 2. The summed E-state index contributed by atoms with van der Waals surface area (Å²) in [6, 6.07) is 2.12. The Bertz CT molecular complexity index is 624. The van der Waals surface area contributed by atoms with Crippen molar-refractivity contribution in [2.75, 3.05) is 23.7 Å². The molecule has 0 saturated carbocycles. The molecule has 0 aliphatic carbocycles. The minimum absolute atomic E-state index is 0.0372. The largest absolute Gasteiger partial charge is 0.397 e. The highest BCUT2D eigenvalue weighted by Crippen LogP contribution is 2.36. The van der Waals surface area contributed by atoms with Gasteiger partial charge in [-0.15, -0.1) is 0 Å². The summed E-state index contributed by atoms with van der Waals surface area (Å²) in [7, 11) is -4.05. The minimum Gasteiger partial charge on any atom is -0.397 e. The molecule has 1 rings (SSSR count). The second kappa shape index (κ2) is 6.72. The fraction of sp³-hybridized carbons (Fsp3) is 0.500. The number of primary sulfonamides is 1. The Hall–Kier alpha value is -1.87. The van der Waals surface area contributed by atoms with Crippen LogP contribution in [0.4, 0.5) is 17.1 Å². The zero-order chi connectivity index (χ0) is 16.2. The quantitative estimate of drug-likeness (QED) is 0.444. The van der Waals surface area contributed by atoms with Crippen LogP contribution in [-0.2, 0) is 10.0 Å². The van der Waals surface area contributed by atoms with E-state index in [-0.39, 0.29) is 22.0 Å². The Balaban J connectivity index is 3.53. The van der Waals surface area contributed by atoms with Crippen molar-refractivity contribution in [2.45, 2.75) is 31.6 Å². The fourth-order valence-electron chi connectivity index (χ4n) is 2.14. The maximum absolute atomic E-state index is 11.4. The van der Waals surface area contributed by atoms with Crippen molar-refractivity contribution in [2.24, 2.45) is 5.14 Å². The van der Waals surface area contributed by atoms with E-state index >= 15 is 0 Å². The number of nitrogens with zero attached hydrogens (tertiary/aromatic N) is 2. The van der Waals surface area contributed by atoms with Crippen molar-refractivity contribution in [3.8, 4) is 0 Å². The van der Waals surface area contributed by atoms with E-state index in [1.807, 2.05) is 13.8 Å². The second-order valence-electron chi connectivity index (χ2n) is 4.67. The molecular formula is C12H20N4O4S. The topological polar surface area (TPSA) is 133 Å². The molecule has 0 fully saturated rings. The molecule has 0 bridgehead atoms. The van der Waals surface area contributed by atoms with Gasteiger partial charge >= 0.3 is 0 Å². The van der Waals surface area contributed by atoms with E-state index in [1.165, 1.54) is 0 Å². The van der Waals surface area contributed by atoms with Gasteiger partial charge in [-0.1, -0.05) is 13.8 Å². The number of nitro groups is 1. The van der Waals surface area contributed by atoms with Crippen LogP contribution in [-0.4, -0.2) is 26.4 Å². The highest BCUT2D eigenvalue weighted by molar-refractivity contribution is 7.89. The Morgan fingerprint density at radius 3 is 2.14 bits per heavy atom. The number of nitrogens with two attached hydrogens (primary N) is 2. The third-order valence-corrected chi connectivity index (χ3v) is 3.81. The molecule has 118 valence electrons. The van der Waals surface area contributed by atoms with Gasteiger partial charge in [0.05, 0.1) is 15.5 Å². The number of hydrogen-bond donors (Lipinski definition) is 2. The van der Waals surface area contributed by atoms with E-state index in [0.29, 0.717) is 13.1 Å². The van der Waals surface area contributed by atoms with Gasteiger partial charge in [-0.25, -0.2) is 13.6 Å². The average Bonchev–Trinajstić information content (AvgIpc) is 2.36. The monoisotopic (exact) mass is 316 g/mol. The first kappa shape index (κ1) is 17.2. The molecule has 0 saturated heterocycles. The van der Waals surface area contributed by atoms with Gasteiger partial charge in [0.15, 0.2) is 0 Å². The van der Waals surface area contributed by atoms with Crippen LogP contribution < -0.4 is 15.8 Å². The molecule has 9 heteroatoms. The van der Waals surface area contributed by atoms with Gasteiger partial charge in [0.25, 0.3) is 5.69 Å². The first-order chi connectivity index (χ1) is 9.72. The number of benzene rings is 1. The Labute approximate surface area is 123 Å². The van der Waals surface area contributed by atoms with Crippen LogP contribution in [0.3, 0.4) is 0 Å². The van der Waals surface area contributed by atoms with Gasteiger partial charge < -0.3 is 10.6 Å². The molecule has 21 heavy (non-hydrogen) atoms. The van der Waals surface area contributed by atoms with Crippen LogP contribution >= 0.6 is 0 Å². The summed E-state index contributed by atoms with van der Waals surface area (Å²) in [5.74, 6) is 0. The normalized spacial score (nSPS) is 11.4. The van der Waals surface area contributed by atoms with Gasteiger partial charge in [-0.2, -0.15) is 0 Å². The fourth-order valence-corrected chi connectivity index (χ4v) is 2.70. The SMILES string of the molecule is CCCN(CCC)c1c(N)cc(S(N)(=O)=O)cc1[N+](=O)[O-]. The molecule has 0 aromatic heterocycles. The van der Waals surface area contributed by atoms with Crippen LogP contribution in [0.2, 0.25) is 0 Å². The summed E-state index contributed by atoms with van der Waals surface area (Å²) in [5, 5.41) is 16.3. The van der Waals surface area contributed by atoms with Crippen LogP contribution in [0.1, 0.15) is 26.7 Å². The summed E-state index contributed by atoms with van der Waals surface area (Å²) in [6.07, 6.45) is 1.57. The molecule has 0 heterocycles. The van der Waals surface area contributed by atoms with E-state index in [4.69, 9.17) is 10.9 Å². The summed E-state index contributed by atoms with van der Waals surface area (Å²) < 4.78 is 22.8. The number of nitrogen functional groups attached to an aromatic ring is 1. The molecule has 0 atom stereocenters. The molecule has 8 nitrogen and oxygen atoms in total. The lowest BCUT2D eigenvalue weighted by Crippen LogP contribution is -2.27. The molecule has 0 aliphatic heterocycles. The molecule has 0 radical (unpaired) electrons. The molecule has 1 aromatic rings. The van der Waals surface area contributed by atoms with Gasteiger partial charge in [0.1, 0.15) is 5.69 Å². The summed E-state index contributed by atoms with van der Waals surface area (Å²) >= 11 is 0. The van der Waals surface area contributed by atoms with Gasteiger partial charge in [0.2, 0.25) is 10.0 Å². The van der Waals surface area contributed by atoms with Crippen molar-refractivity contribution < 1.29 is 13.3 Å².